The molecule has 1 fully saturated rings. The van der Waals surface area contributed by atoms with E-state index in [-0.39, 0.29) is 17.7 Å². The van der Waals surface area contributed by atoms with Gasteiger partial charge < -0.3 is 20.1 Å². The number of aryl methyl sites for hydroxylation is 1. The first-order valence-corrected chi connectivity index (χ1v) is 6.55. The quantitative estimate of drug-likeness (QED) is 0.856. The second kappa shape index (κ2) is 6.04. The number of phenols is 1. The molecule has 1 aromatic carbocycles. The number of hydrogen-bond acceptors (Lipinski definition) is 4. The maximum atomic E-state index is 12.5. The third kappa shape index (κ3) is 3.05. The van der Waals surface area contributed by atoms with Gasteiger partial charge in [-0.15, -0.1) is 0 Å². The molecule has 1 saturated heterocycles. The van der Waals surface area contributed by atoms with Crippen LogP contribution >= 0.6 is 0 Å². The third-order valence-electron chi connectivity index (χ3n) is 3.29. The van der Waals surface area contributed by atoms with E-state index < -0.39 is 0 Å². The second-order valence-corrected chi connectivity index (χ2v) is 4.63. The van der Waals surface area contributed by atoms with Gasteiger partial charge in [0.15, 0.2) is 0 Å². The molecule has 1 heterocycles. The van der Waals surface area contributed by atoms with Crippen LogP contribution in [0.15, 0.2) is 18.2 Å². The van der Waals surface area contributed by atoms with E-state index in [0.29, 0.717) is 26.3 Å². The van der Waals surface area contributed by atoms with Crippen molar-refractivity contribution in [1.82, 2.24) is 5.32 Å². The summed E-state index contributed by atoms with van der Waals surface area (Å²) in [5.74, 6) is 0.149. The summed E-state index contributed by atoms with van der Waals surface area (Å²) < 4.78 is 5.33. The Kier molecular flexibility index (Phi) is 4.39. The molecule has 5 nitrogen and oxygen atoms in total. The van der Waals surface area contributed by atoms with Crippen molar-refractivity contribution in [3.63, 3.8) is 0 Å². The maximum Gasteiger partial charge on any atom is 0.246 e. The van der Waals surface area contributed by atoms with Gasteiger partial charge >= 0.3 is 0 Å². The van der Waals surface area contributed by atoms with Gasteiger partial charge in [0, 0.05) is 19.2 Å². The number of rotatable bonds is 3. The van der Waals surface area contributed by atoms with Crippen molar-refractivity contribution in [2.75, 3.05) is 31.2 Å². The van der Waals surface area contributed by atoms with Crippen LogP contribution in [-0.2, 0) is 9.53 Å². The Hall–Kier alpha value is -1.59. The summed E-state index contributed by atoms with van der Waals surface area (Å²) in [5, 5.41) is 12.8. The number of likely N-dealkylation sites (N-methyl/N-ethyl adjacent to an activating group) is 1. The fourth-order valence-electron chi connectivity index (χ4n) is 2.25. The van der Waals surface area contributed by atoms with Gasteiger partial charge in [0.05, 0.1) is 18.9 Å². The standard InChI is InChI=1S/C14H20N2O3/c1-3-16(13-8-11(17)5-4-10(13)2)14(18)12-9-19-7-6-15-12/h4-5,8,12,15,17H,3,6-7,9H2,1-2H3. The summed E-state index contributed by atoms with van der Waals surface area (Å²) in [4.78, 5) is 14.2. The minimum Gasteiger partial charge on any atom is -0.508 e. The minimum absolute atomic E-state index is 0.0177. The molecule has 0 spiro atoms. The molecule has 1 aliphatic rings. The highest BCUT2D eigenvalue weighted by atomic mass is 16.5. The number of nitrogens with zero attached hydrogens (tertiary/aromatic N) is 1. The maximum absolute atomic E-state index is 12.5. The lowest BCUT2D eigenvalue weighted by Crippen LogP contribution is -2.52. The molecule has 0 aromatic heterocycles. The predicted octanol–water partition coefficient (Wildman–Crippen LogP) is 1.04. The molecular weight excluding hydrogens is 244 g/mol. The lowest BCUT2D eigenvalue weighted by atomic mass is 10.1. The highest BCUT2D eigenvalue weighted by Gasteiger charge is 2.27. The van der Waals surface area contributed by atoms with Crippen LogP contribution in [0.4, 0.5) is 5.69 Å². The largest absolute Gasteiger partial charge is 0.508 e. The number of phenolic OH excluding ortho intramolecular Hbond substituents is 1. The number of hydrogen-bond donors (Lipinski definition) is 2. The zero-order valence-corrected chi connectivity index (χ0v) is 11.3. The first-order chi connectivity index (χ1) is 9.13. The number of carbonyl (C=O) groups excluding carboxylic acids is 1. The summed E-state index contributed by atoms with van der Waals surface area (Å²) in [6.45, 7) is 6.13. The Morgan fingerprint density at radius 2 is 2.37 bits per heavy atom. The molecule has 1 aromatic rings. The second-order valence-electron chi connectivity index (χ2n) is 4.63. The van der Waals surface area contributed by atoms with Crippen molar-refractivity contribution in [1.29, 1.82) is 0 Å². The van der Waals surface area contributed by atoms with Gasteiger partial charge in [0.25, 0.3) is 0 Å². The van der Waals surface area contributed by atoms with Crippen molar-refractivity contribution in [2.45, 2.75) is 19.9 Å². The number of aromatic hydroxyl groups is 1. The molecule has 0 radical (unpaired) electrons. The smallest absolute Gasteiger partial charge is 0.246 e. The summed E-state index contributed by atoms with van der Waals surface area (Å²) in [5.41, 5.74) is 1.71. The molecule has 2 rings (SSSR count). The first kappa shape index (κ1) is 13.8. The Morgan fingerprint density at radius 1 is 1.58 bits per heavy atom. The molecule has 5 heteroatoms. The van der Waals surface area contributed by atoms with E-state index in [9.17, 15) is 9.90 Å². The molecule has 1 atom stereocenters. The Labute approximate surface area is 113 Å². The molecule has 19 heavy (non-hydrogen) atoms. The Balaban J connectivity index is 2.23. The van der Waals surface area contributed by atoms with Crippen molar-refractivity contribution < 1.29 is 14.6 Å². The van der Waals surface area contributed by atoms with Gasteiger partial charge in [0.2, 0.25) is 5.91 Å². The van der Waals surface area contributed by atoms with Crippen LogP contribution < -0.4 is 10.2 Å². The molecule has 1 unspecified atom stereocenters. The SMILES string of the molecule is CCN(C(=O)C1COCCN1)c1cc(O)ccc1C. The van der Waals surface area contributed by atoms with Crippen LogP contribution in [0.5, 0.6) is 5.75 Å². The fourth-order valence-corrected chi connectivity index (χ4v) is 2.25. The molecule has 1 aliphatic heterocycles. The highest BCUT2D eigenvalue weighted by molar-refractivity contribution is 5.98. The van der Waals surface area contributed by atoms with E-state index >= 15 is 0 Å². The molecule has 2 N–H and O–H groups in total. The number of ether oxygens (including phenoxy) is 1. The average Bonchev–Trinajstić information content (AvgIpc) is 2.44. The first-order valence-electron chi connectivity index (χ1n) is 6.55. The average molecular weight is 264 g/mol. The van der Waals surface area contributed by atoms with Crippen LogP contribution in [0.1, 0.15) is 12.5 Å². The predicted molar refractivity (Wildman–Crippen MR) is 73.5 cm³/mol. The topological polar surface area (TPSA) is 61.8 Å². The van der Waals surface area contributed by atoms with Gasteiger partial charge in [-0.1, -0.05) is 6.07 Å². The van der Waals surface area contributed by atoms with Crippen LogP contribution in [0.2, 0.25) is 0 Å². The van der Waals surface area contributed by atoms with Gasteiger partial charge in [-0.25, -0.2) is 0 Å². The van der Waals surface area contributed by atoms with Gasteiger partial charge in [-0.3, -0.25) is 4.79 Å². The number of benzene rings is 1. The van der Waals surface area contributed by atoms with E-state index in [1.165, 1.54) is 0 Å². The number of amides is 1. The van der Waals surface area contributed by atoms with Crippen LogP contribution in [0.25, 0.3) is 0 Å². The van der Waals surface area contributed by atoms with Crippen LogP contribution in [0.3, 0.4) is 0 Å². The van der Waals surface area contributed by atoms with Crippen molar-refractivity contribution in [2.24, 2.45) is 0 Å². The normalized spacial score (nSPS) is 19.2. The van der Waals surface area contributed by atoms with Crippen molar-refractivity contribution in [3.05, 3.63) is 23.8 Å². The zero-order chi connectivity index (χ0) is 13.8. The third-order valence-corrected chi connectivity index (χ3v) is 3.29. The van der Waals surface area contributed by atoms with E-state index in [4.69, 9.17) is 4.74 Å². The number of anilines is 1. The van der Waals surface area contributed by atoms with Gasteiger partial charge in [0.1, 0.15) is 11.8 Å². The van der Waals surface area contributed by atoms with E-state index in [1.807, 2.05) is 19.9 Å². The van der Waals surface area contributed by atoms with Crippen LogP contribution in [0, 0.1) is 6.92 Å². The molecule has 1 amide bonds. The van der Waals surface area contributed by atoms with Gasteiger partial charge in [-0.2, -0.15) is 0 Å². The minimum atomic E-state index is -0.310. The summed E-state index contributed by atoms with van der Waals surface area (Å²) >= 11 is 0. The number of nitrogens with one attached hydrogen (secondary N) is 1. The Bertz CT molecular complexity index is 456. The number of morpholine rings is 1. The lowest BCUT2D eigenvalue weighted by molar-refractivity contribution is -0.123. The zero-order valence-electron chi connectivity index (χ0n) is 11.3. The van der Waals surface area contributed by atoms with Crippen molar-refractivity contribution >= 4 is 11.6 Å². The molecular formula is C14H20N2O3. The summed E-state index contributed by atoms with van der Waals surface area (Å²) in [7, 11) is 0. The molecule has 104 valence electrons. The summed E-state index contributed by atoms with van der Waals surface area (Å²) in [6.07, 6.45) is 0. The Morgan fingerprint density at radius 3 is 3.00 bits per heavy atom. The lowest BCUT2D eigenvalue weighted by Gasteiger charge is -2.30. The van der Waals surface area contributed by atoms with Crippen LogP contribution in [-0.4, -0.2) is 43.4 Å². The monoisotopic (exact) mass is 264 g/mol. The highest BCUT2D eigenvalue weighted by Crippen LogP contribution is 2.25. The molecule has 0 bridgehead atoms. The number of carbonyl (C=O) groups is 1. The fraction of sp³-hybridized carbons (Fsp3) is 0.500. The summed E-state index contributed by atoms with van der Waals surface area (Å²) in [6, 6.07) is 4.75. The van der Waals surface area contributed by atoms with Gasteiger partial charge in [-0.05, 0) is 25.5 Å². The van der Waals surface area contributed by atoms with E-state index in [1.54, 1.807) is 17.0 Å². The van der Waals surface area contributed by atoms with E-state index in [0.717, 1.165) is 11.3 Å². The van der Waals surface area contributed by atoms with Crippen molar-refractivity contribution in [3.8, 4) is 5.75 Å². The molecule has 0 saturated carbocycles. The van der Waals surface area contributed by atoms with E-state index in [2.05, 4.69) is 5.32 Å². The molecule has 0 aliphatic carbocycles.